The highest BCUT2D eigenvalue weighted by Gasteiger charge is 2.31. The van der Waals surface area contributed by atoms with Crippen molar-refractivity contribution in [2.24, 2.45) is 17.1 Å². The van der Waals surface area contributed by atoms with Crippen LogP contribution in [0.3, 0.4) is 0 Å². The van der Waals surface area contributed by atoms with Crippen molar-refractivity contribution in [2.75, 3.05) is 13.7 Å². The molecule has 0 spiro atoms. The zero-order valence-corrected chi connectivity index (χ0v) is 18.2. The van der Waals surface area contributed by atoms with Gasteiger partial charge in [0, 0.05) is 6.42 Å². The van der Waals surface area contributed by atoms with Gasteiger partial charge < -0.3 is 20.5 Å². The summed E-state index contributed by atoms with van der Waals surface area (Å²) in [5, 5.41) is 2.74. The van der Waals surface area contributed by atoms with Crippen molar-refractivity contribution in [1.82, 2.24) is 5.32 Å². The molecule has 162 valence electrons. The second kappa shape index (κ2) is 10.6. The summed E-state index contributed by atoms with van der Waals surface area (Å²) in [7, 11) is 1.31. The Hall–Kier alpha value is -2.08. The molecule has 1 saturated carbocycles. The highest BCUT2D eigenvalue weighted by atomic mass is 16.5. The molecule has 6 nitrogen and oxygen atoms in total. The second-order valence-corrected chi connectivity index (χ2v) is 9.09. The minimum absolute atomic E-state index is 0.332. The number of amides is 1. The fourth-order valence-electron chi connectivity index (χ4n) is 3.52. The number of ether oxygens (including phenoxy) is 2. The molecule has 0 heterocycles. The van der Waals surface area contributed by atoms with Crippen LogP contribution in [0.5, 0.6) is 5.75 Å². The summed E-state index contributed by atoms with van der Waals surface area (Å²) < 4.78 is 10.8. The summed E-state index contributed by atoms with van der Waals surface area (Å²) in [5.41, 5.74) is 6.52. The molecular formula is C23H36N2O4. The van der Waals surface area contributed by atoms with Gasteiger partial charge >= 0.3 is 5.97 Å². The van der Waals surface area contributed by atoms with Gasteiger partial charge in [-0.3, -0.25) is 4.79 Å². The quantitative estimate of drug-likeness (QED) is 0.649. The van der Waals surface area contributed by atoms with E-state index >= 15 is 0 Å². The first-order valence-electron chi connectivity index (χ1n) is 10.6. The normalized spacial score (nSPS) is 17.3. The SMILES string of the molecule is COC(=O)[C@H](Cc1ccc(OCC2CCCCC2)cc1)NC(=O)[C@@H](N)C(C)(C)C. The van der Waals surface area contributed by atoms with E-state index in [2.05, 4.69) is 5.32 Å². The van der Waals surface area contributed by atoms with Gasteiger partial charge in [0.05, 0.1) is 19.8 Å². The summed E-state index contributed by atoms with van der Waals surface area (Å²) in [6.45, 7) is 6.41. The van der Waals surface area contributed by atoms with Crippen molar-refractivity contribution < 1.29 is 19.1 Å². The maximum atomic E-state index is 12.4. The van der Waals surface area contributed by atoms with Crippen molar-refractivity contribution in [1.29, 1.82) is 0 Å². The molecule has 3 N–H and O–H groups in total. The van der Waals surface area contributed by atoms with Crippen molar-refractivity contribution in [3.05, 3.63) is 29.8 Å². The topological polar surface area (TPSA) is 90.6 Å². The van der Waals surface area contributed by atoms with E-state index < -0.39 is 23.5 Å². The smallest absolute Gasteiger partial charge is 0.328 e. The molecule has 0 aromatic heterocycles. The minimum atomic E-state index is -0.782. The summed E-state index contributed by atoms with van der Waals surface area (Å²) in [6, 6.07) is 6.16. The minimum Gasteiger partial charge on any atom is -0.493 e. The van der Waals surface area contributed by atoms with Crippen LogP contribution in [0, 0.1) is 11.3 Å². The third-order valence-electron chi connectivity index (χ3n) is 5.59. The molecule has 1 aromatic carbocycles. The summed E-state index contributed by atoms with van der Waals surface area (Å²) in [5.74, 6) is 0.625. The van der Waals surface area contributed by atoms with Crippen LogP contribution in [0.2, 0.25) is 0 Å². The Bertz CT molecular complexity index is 660. The third kappa shape index (κ3) is 7.35. The van der Waals surface area contributed by atoms with E-state index in [0.29, 0.717) is 12.3 Å². The molecule has 1 aliphatic carbocycles. The first-order chi connectivity index (χ1) is 13.7. The standard InChI is InChI=1S/C23H36N2O4/c1-23(2,3)20(24)21(26)25-19(22(27)28-4)14-16-10-12-18(13-11-16)29-15-17-8-6-5-7-9-17/h10-13,17,19-20H,5-9,14-15,24H2,1-4H3,(H,25,26)/t19-,20+/m0/s1. The number of carbonyl (C=O) groups is 2. The van der Waals surface area contributed by atoms with Gasteiger partial charge in [0.25, 0.3) is 0 Å². The Morgan fingerprint density at radius 1 is 1.14 bits per heavy atom. The average molecular weight is 405 g/mol. The molecule has 1 fully saturated rings. The molecule has 0 radical (unpaired) electrons. The van der Waals surface area contributed by atoms with Crippen molar-refractivity contribution >= 4 is 11.9 Å². The van der Waals surface area contributed by atoms with Crippen molar-refractivity contribution in [3.8, 4) is 5.75 Å². The van der Waals surface area contributed by atoms with E-state index in [1.54, 1.807) is 0 Å². The number of nitrogens with one attached hydrogen (secondary N) is 1. The second-order valence-electron chi connectivity index (χ2n) is 9.09. The first kappa shape index (κ1) is 23.2. The Balaban J connectivity index is 1.94. The molecule has 2 rings (SSSR count). The molecule has 1 amide bonds. The number of carbonyl (C=O) groups excluding carboxylic acids is 2. The molecule has 1 aliphatic rings. The monoisotopic (exact) mass is 404 g/mol. The van der Waals surface area contributed by atoms with Gasteiger partial charge in [-0.15, -0.1) is 0 Å². The zero-order chi connectivity index (χ0) is 21.4. The van der Waals surface area contributed by atoms with E-state index in [9.17, 15) is 9.59 Å². The molecule has 0 bridgehead atoms. The average Bonchev–Trinajstić information content (AvgIpc) is 2.71. The summed E-state index contributed by atoms with van der Waals surface area (Å²) in [6.07, 6.45) is 6.76. The first-order valence-corrected chi connectivity index (χ1v) is 10.6. The van der Waals surface area contributed by atoms with Gasteiger partial charge in [-0.25, -0.2) is 4.79 Å². The maximum Gasteiger partial charge on any atom is 0.328 e. The molecule has 2 atom stereocenters. The van der Waals surface area contributed by atoms with Gasteiger partial charge in [0.2, 0.25) is 5.91 Å². The molecule has 0 unspecified atom stereocenters. The number of methoxy groups -OCH3 is 1. The number of benzene rings is 1. The number of esters is 1. The predicted molar refractivity (Wildman–Crippen MR) is 114 cm³/mol. The van der Waals surface area contributed by atoms with E-state index in [4.69, 9.17) is 15.2 Å². The molecule has 1 aromatic rings. The lowest BCUT2D eigenvalue weighted by Gasteiger charge is -2.27. The van der Waals surface area contributed by atoms with Crippen LogP contribution in [-0.4, -0.2) is 37.7 Å². The Morgan fingerprint density at radius 2 is 1.76 bits per heavy atom. The van der Waals surface area contributed by atoms with Crippen LogP contribution in [0.15, 0.2) is 24.3 Å². The van der Waals surface area contributed by atoms with Crippen LogP contribution in [0.4, 0.5) is 0 Å². The highest BCUT2D eigenvalue weighted by molar-refractivity contribution is 5.88. The van der Waals surface area contributed by atoms with E-state index in [0.717, 1.165) is 17.9 Å². The molecule has 0 saturated heterocycles. The molecule has 29 heavy (non-hydrogen) atoms. The maximum absolute atomic E-state index is 12.4. The molecule has 0 aliphatic heterocycles. The van der Waals surface area contributed by atoms with E-state index in [1.807, 2.05) is 45.0 Å². The number of hydrogen-bond donors (Lipinski definition) is 2. The van der Waals surface area contributed by atoms with Crippen LogP contribution < -0.4 is 15.8 Å². The number of hydrogen-bond acceptors (Lipinski definition) is 5. The van der Waals surface area contributed by atoms with E-state index in [-0.39, 0.29) is 5.91 Å². The largest absolute Gasteiger partial charge is 0.493 e. The summed E-state index contributed by atoms with van der Waals surface area (Å²) >= 11 is 0. The van der Waals surface area contributed by atoms with Gasteiger partial charge in [0.15, 0.2) is 0 Å². The van der Waals surface area contributed by atoms with Gasteiger partial charge in [0.1, 0.15) is 11.8 Å². The fraction of sp³-hybridized carbons (Fsp3) is 0.652. The van der Waals surface area contributed by atoms with Crippen LogP contribution >= 0.6 is 0 Å². The van der Waals surface area contributed by atoms with E-state index in [1.165, 1.54) is 39.2 Å². The summed E-state index contributed by atoms with van der Waals surface area (Å²) in [4.78, 5) is 24.6. The van der Waals surface area contributed by atoms with Crippen molar-refractivity contribution in [3.63, 3.8) is 0 Å². The Morgan fingerprint density at radius 3 is 2.31 bits per heavy atom. The number of rotatable bonds is 8. The highest BCUT2D eigenvalue weighted by Crippen LogP contribution is 2.25. The Labute approximate surface area is 174 Å². The zero-order valence-electron chi connectivity index (χ0n) is 18.2. The van der Waals surface area contributed by atoms with Crippen LogP contribution in [0.25, 0.3) is 0 Å². The fourth-order valence-corrected chi connectivity index (χ4v) is 3.52. The number of nitrogens with two attached hydrogens (primary N) is 1. The molecular weight excluding hydrogens is 368 g/mol. The van der Waals surface area contributed by atoms with Gasteiger partial charge in [-0.1, -0.05) is 52.2 Å². The third-order valence-corrected chi connectivity index (χ3v) is 5.59. The lowest BCUT2D eigenvalue weighted by molar-refractivity contribution is -0.145. The van der Waals surface area contributed by atoms with Gasteiger partial charge in [-0.2, -0.15) is 0 Å². The van der Waals surface area contributed by atoms with Crippen LogP contribution in [0.1, 0.15) is 58.4 Å². The Kier molecular flexibility index (Phi) is 8.50. The molecule has 6 heteroatoms. The predicted octanol–water partition coefficient (Wildman–Crippen LogP) is 3.22. The van der Waals surface area contributed by atoms with Crippen molar-refractivity contribution in [2.45, 2.75) is 71.4 Å². The van der Waals surface area contributed by atoms with Gasteiger partial charge in [-0.05, 0) is 41.9 Å². The van der Waals surface area contributed by atoms with Crippen LogP contribution in [-0.2, 0) is 20.7 Å². The lowest BCUT2D eigenvalue weighted by Crippen LogP contribution is -2.53. The lowest BCUT2D eigenvalue weighted by atomic mass is 9.86.